The van der Waals surface area contributed by atoms with E-state index in [9.17, 15) is 5.11 Å². The number of aliphatic hydroxyl groups excluding tert-OH is 1. The molecule has 2 N–H and O–H groups in total. The zero-order chi connectivity index (χ0) is 20.7. The van der Waals surface area contributed by atoms with Crippen LogP contribution in [-0.2, 0) is 6.54 Å². The number of anilines is 1. The van der Waals surface area contributed by atoms with Crippen molar-refractivity contribution in [2.75, 3.05) is 11.9 Å². The molecule has 5 aromatic rings. The van der Waals surface area contributed by atoms with Crippen molar-refractivity contribution >= 4 is 83.4 Å². The van der Waals surface area contributed by atoms with Crippen molar-refractivity contribution in [2.45, 2.75) is 12.6 Å². The smallest absolute Gasteiger partial charge is 0.0891 e. The quantitative estimate of drug-likeness (QED) is 0.217. The highest BCUT2D eigenvalue weighted by Gasteiger charge is 2.15. The van der Waals surface area contributed by atoms with Crippen molar-refractivity contribution in [3.63, 3.8) is 0 Å². The van der Waals surface area contributed by atoms with Crippen LogP contribution in [0.5, 0.6) is 0 Å². The molecule has 0 aliphatic rings. The predicted molar refractivity (Wildman–Crippen MR) is 143 cm³/mol. The lowest BCUT2D eigenvalue weighted by Crippen LogP contribution is -2.24. The topological polar surface area (TPSA) is 37.2 Å². The maximum atomic E-state index is 10.9. The highest BCUT2D eigenvalue weighted by atomic mass is 127. The van der Waals surface area contributed by atoms with E-state index in [1.165, 1.54) is 28.7 Å². The number of nitrogens with zero attached hydrogens (tertiary/aromatic N) is 1. The molecule has 4 aromatic carbocycles. The van der Waals surface area contributed by atoms with Gasteiger partial charge >= 0.3 is 0 Å². The van der Waals surface area contributed by atoms with E-state index in [1.54, 1.807) is 0 Å². The third-order valence-electron chi connectivity index (χ3n) is 5.50. The predicted octanol–water partition coefficient (Wildman–Crippen LogP) is 6.63. The number of nitrogens with one attached hydrogen (secondary N) is 1. The number of hydrogen-bond acceptors (Lipinski definition) is 2. The van der Waals surface area contributed by atoms with Crippen LogP contribution in [0.3, 0.4) is 0 Å². The van der Waals surface area contributed by atoms with Gasteiger partial charge in [-0.25, -0.2) is 0 Å². The highest BCUT2D eigenvalue weighted by molar-refractivity contribution is 14.1. The molecule has 1 aromatic heterocycles. The Morgan fingerprint density at radius 3 is 2.10 bits per heavy atom. The van der Waals surface area contributed by atoms with E-state index in [1.807, 2.05) is 18.2 Å². The third-order valence-corrected chi connectivity index (χ3v) is 6.84. The summed E-state index contributed by atoms with van der Waals surface area (Å²) in [7, 11) is 0. The van der Waals surface area contributed by atoms with Crippen molar-refractivity contribution in [1.29, 1.82) is 0 Å². The molecule has 0 spiro atoms. The number of aliphatic hydroxyl groups is 1. The normalized spacial score (nSPS) is 12.6. The first-order valence-electron chi connectivity index (χ1n) is 9.87. The molecule has 5 heteroatoms. The van der Waals surface area contributed by atoms with E-state index < -0.39 is 6.10 Å². The summed E-state index contributed by atoms with van der Waals surface area (Å²) in [4.78, 5) is 0. The van der Waals surface area contributed by atoms with Crippen LogP contribution in [0.4, 0.5) is 5.69 Å². The maximum absolute atomic E-state index is 10.9. The summed E-state index contributed by atoms with van der Waals surface area (Å²) in [5, 5.41) is 19.2. The fraction of sp³-hybridized carbons (Fsp3) is 0.120. The molecule has 0 aliphatic carbocycles. The van der Waals surface area contributed by atoms with Crippen LogP contribution in [-0.4, -0.2) is 22.3 Å². The Morgan fingerprint density at radius 2 is 1.40 bits per heavy atom. The first-order chi connectivity index (χ1) is 14.6. The van der Waals surface area contributed by atoms with E-state index >= 15 is 0 Å². The second-order valence-electron chi connectivity index (χ2n) is 7.49. The number of halogens is 2. The standard InChI is InChI=1S/C25H20I2N2O/c26-17-8-10-24-21(12-17)22-13-18(27)9-11-25(22)29(24)15-19(30)14-28-23-7-3-5-16-4-1-2-6-20(16)23/h1-13,19,28,30H,14-15H2/t19-/m0/s1. The van der Waals surface area contributed by atoms with Crippen LogP contribution < -0.4 is 5.32 Å². The fourth-order valence-corrected chi connectivity index (χ4v) is 5.11. The summed E-state index contributed by atoms with van der Waals surface area (Å²) < 4.78 is 4.68. The van der Waals surface area contributed by atoms with Crippen LogP contribution >= 0.6 is 45.2 Å². The summed E-state index contributed by atoms with van der Waals surface area (Å²) in [5.41, 5.74) is 3.38. The van der Waals surface area contributed by atoms with Gasteiger partial charge in [0, 0.05) is 46.6 Å². The first-order valence-corrected chi connectivity index (χ1v) is 12.0. The van der Waals surface area contributed by atoms with E-state index in [0.717, 1.165) is 16.7 Å². The van der Waals surface area contributed by atoms with Gasteiger partial charge < -0.3 is 15.0 Å². The van der Waals surface area contributed by atoms with Gasteiger partial charge in [-0.1, -0.05) is 36.4 Å². The molecule has 30 heavy (non-hydrogen) atoms. The Bertz CT molecular complexity index is 1310. The number of rotatable bonds is 5. The number of benzene rings is 4. The third kappa shape index (κ3) is 3.78. The van der Waals surface area contributed by atoms with Gasteiger partial charge in [0.05, 0.1) is 12.6 Å². The second kappa shape index (κ2) is 8.36. The molecule has 1 heterocycles. The number of hydrogen-bond donors (Lipinski definition) is 2. The van der Waals surface area contributed by atoms with Crippen LogP contribution in [0.1, 0.15) is 0 Å². The molecule has 3 nitrogen and oxygen atoms in total. The summed E-state index contributed by atoms with van der Waals surface area (Å²) in [6, 6.07) is 27.6. The molecule has 0 radical (unpaired) electrons. The summed E-state index contributed by atoms with van der Waals surface area (Å²) in [6.45, 7) is 1.03. The van der Waals surface area contributed by atoms with E-state index in [4.69, 9.17) is 0 Å². The molecular weight excluding hydrogens is 598 g/mol. The van der Waals surface area contributed by atoms with Gasteiger partial charge in [-0.3, -0.25) is 0 Å². The number of aromatic nitrogens is 1. The lowest BCUT2D eigenvalue weighted by atomic mass is 10.1. The van der Waals surface area contributed by atoms with Gasteiger partial charge in [0.1, 0.15) is 0 Å². The average Bonchev–Trinajstić information content (AvgIpc) is 3.04. The van der Waals surface area contributed by atoms with Gasteiger partial charge in [0.2, 0.25) is 0 Å². The zero-order valence-electron chi connectivity index (χ0n) is 16.1. The monoisotopic (exact) mass is 618 g/mol. The maximum Gasteiger partial charge on any atom is 0.0891 e. The van der Waals surface area contributed by atoms with Gasteiger partial charge in [0.15, 0.2) is 0 Å². The van der Waals surface area contributed by atoms with Gasteiger partial charge in [-0.05, 0) is 93.0 Å². The van der Waals surface area contributed by atoms with Gasteiger partial charge in [-0.2, -0.15) is 0 Å². The Kier molecular flexibility index (Phi) is 5.59. The van der Waals surface area contributed by atoms with Crippen molar-refractivity contribution in [1.82, 2.24) is 4.57 Å². The summed E-state index contributed by atoms with van der Waals surface area (Å²) in [5.74, 6) is 0. The molecule has 150 valence electrons. The molecule has 0 fully saturated rings. The molecule has 5 rings (SSSR count). The largest absolute Gasteiger partial charge is 0.389 e. The molecule has 1 atom stereocenters. The highest BCUT2D eigenvalue weighted by Crippen LogP contribution is 2.32. The van der Waals surface area contributed by atoms with Crippen LogP contribution in [0, 0.1) is 7.14 Å². The van der Waals surface area contributed by atoms with Crippen molar-refractivity contribution in [3.05, 3.63) is 86.0 Å². The van der Waals surface area contributed by atoms with E-state index in [0.29, 0.717) is 13.1 Å². The van der Waals surface area contributed by atoms with Crippen LogP contribution in [0.2, 0.25) is 0 Å². The van der Waals surface area contributed by atoms with E-state index in [-0.39, 0.29) is 0 Å². The minimum atomic E-state index is -0.513. The Labute approximate surface area is 202 Å². The minimum absolute atomic E-state index is 0.490. The Balaban J connectivity index is 1.45. The summed E-state index contributed by atoms with van der Waals surface area (Å²) in [6.07, 6.45) is -0.513. The zero-order valence-corrected chi connectivity index (χ0v) is 20.5. The first kappa shape index (κ1) is 20.1. The fourth-order valence-electron chi connectivity index (χ4n) is 4.13. The lowest BCUT2D eigenvalue weighted by molar-refractivity contribution is 0.169. The van der Waals surface area contributed by atoms with Gasteiger partial charge in [0.25, 0.3) is 0 Å². The van der Waals surface area contributed by atoms with E-state index in [2.05, 4.69) is 116 Å². The van der Waals surface area contributed by atoms with Crippen molar-refractivity contribution < 1.29 is 5.11 Å². The van der Waals surface area contributed by atoms with Crippen molar-refractivity contribution in [2.24, 2.45) is 0 Å². The molecule has 0 saturated heterocycles. The Morgan fingerprint density at radius 1 is 0.767 bits per heavy atom. The van der Waals surface area contributed by atoms with Crippen LogP contribution in [0.15, 0.2) is 78.9 Å². The molecule has 0 saturated carbocycles. The average molecular weight is 618 g/mol. The lowest BCUT2D eigenvalue weighted by Gasteiger charge is -2.16. The molecule has 0 aliphatic heterocycles. The van der Waals surface area contributed by atoms with Crippen LogP contribution in [0.25, 0.3) is 32.6 Å². The summed E-state index contributed by atoms with van der Waals surface area (Å²) >= 11 is 4.72. The molecule has 0 amide bonds. The SMILES string of the molecule is O[C@@H](CNc1cccc2ccccc12)Cn1c2ccc(I)cc2c2cc(I)ccc21. The molecule has 0 bridgehead atoms. The number of fused-ring (bicyclic) bond motifs is 4. The molecule has 0 unspecified atom stereocenters. The second-order valence-corrected chi connectivity index (χ2v) is 9.99. The molecular formula is C25H20I2N2O. The van der Waals surface area contributed by atoms with Gasteiger partial charge in [-0.15, -0.1) is 0 Å². The minimum Gasteiger partial charge on any atom is -0.389 e. The Hall–Kier alpha value is -1.84. The van der Waals surface area contributed by atoms with Crippen molar-refractivity contribution in [3.8, 4) is 0 Å².